The van der Waals surface area contributed by atoms with Crippen LogP contribution in [0.4, 0.5) is 0 Å². The normalized spacial score (nSPS) is 12.9. The number of esters is 3. The van der Waals surface area contributed by atoms with E-state index >= 15 is 0 Å². The zero-order valence-electron chi connectivity index (χ0n) is 43.4. The molecular weight excluding hydrogens is 829 g/mol. The Morgan fingerprint density at radius 3 is 1.10 bits per heavy atom. The van der Waals surface area contributed by atoms with Crippen molar-refractivity contribution in [1.29, 1.82) is 0 Å². The molecule has 0 spiro atoms. The highest BCUT2D eigenvalue weighted by atomic mass is 16.6. The molecule has 0 N–H and O–H groups in total. The summed E-state index contributed by atoms with van der Waals surface area (Å²) in [4.78, 5) is 38.1. The fourth-order valence-corrected chi connectivity index (χ4v) is 7.20. The molecule has 0 heterocycles. The fourth-order valence-electron chi connectivity index (χ4n) is 7.20. The maximum absolute atomic E-state index is 12.8. The molecule has 0 bridgehead atoms. The molecule has 0 aromatic heterocycles. The van der Waals surface area contributed by atoms with Crippen molar-refractivity contribution >= 4 is 17.9 Å². The maximum Gasteiger partial charge on any atom is 0.306 e. The van der Waals surface area contributed by atoms with E-state index in [0.717, 1.165) is 116 Å². The van der Waals surface area contributed by atoms with Crippen molar-refractivity contribution < 1.29 is 28.6 Å². The highest BCUT2D eigenvalue weighted by molar-refractivity contribution is 5.71. The Hall–Kier alpha value is -3.93. The summed E-state index contributed by atoms with van der Waals surface area (Å²) in [7, 11) is 0. The molecule has 1 unspecified atom stereocenters. The predicted molar refractivity (Wildman–Crippen MR) is 288 cm³/mol. The predicted octanol–water partition coefficient (Wildman–Crippen LogP) is 18.3. The summed E-state index contributed by atoms with van der Waals surface area (Å²) >= 11 is 0. The van der Waals surface area contributed by atoms with Crippen molar-refractivity contribution in [2.24, 2.45) is 0 Å². The first-order valence-electron chi connectivity index (χ1n) is 27.4. The molecule has 0 aromatic carbocycles. The smallest absolute Gasteiger partial charge is 0.306 e. The Morgan fingerprint density at radius 2 is 0.642 bits per heavy atom. The summed E-state index contributed by atoms with van der Waals surface area (Å²) in [5.41, 5.74) is 0. The van der Waals surface area contributed by atoms with Gasteiger partial charge in [0, 0.05) is 19.3 Å². The highest BCUT2D eigenvalue weighted by Crippen LogP contribution is 2.13. The third-order valence-corrected chi connectivity index (χ3v) is 11.3. The molecule has 0 aliphatic rings. The van der Waals surface area contributed by atoms with Crippen LogP contribution in [0.1, 0.15) is 239 Å². The monoisotopic (exact) mass is 929 g/mol. The standard InChI is InChI=1S/C61H100O6/c1-4-7-10-13-16-19-22-25-28-30-31-34-36-39-42-45-48-51-54-60(63)66-57-58(56-65-59(62)53-50-47-44-41-38-35-32-27-24-21-18-15-12-9-6-3)67-61(64)55-52-49-46-43-40-37-33-29-26-23-20-17-14-11-8-5-2/h8,11,16-17,19-22,24-26,28-31,34,37,40,58H,4-7,9-10,12-15,18,23,27,32-33,35-36,38-39,41-57H2,1-3H3/b11-8-,19-16-,20-17-,24-21-,25-22-,29-26-,30-28-,34-31-,40-37-. The molecule has 0 rings (SSSR count). The molecule has 6 heteroatoms. The van der Waals surface area contributed by atoms with Crippen LogP contribution in [0, 0.1) is 0 Å². The van der Waals surface area contributed by atoms with E-state index in [1.54, 1.807) is 0 Å². The molecule has 0 aromatic rings. The largest absolute Gasteiger partial charge is 0.462 e. The van der Waals surface area contributed by atoms with Crippen LogP contribution in [-0.2, 0) is 28.6 Å². The summed E-state index contributed by atoms with van der Waals surface area (Å²) < 4.78 is 16.8. The van der Waals surface area contributed by atoms with Crippen molar-refractivity contribution in [2.75, 3.05) is 13.2 Å². The van der Waals surface area contributed by atoms with E-state index < -0.39 is 6.10 Å². The first-order chi connectivity index (χ1) is 33.0. The summed E-state index contributed by atoms with van der Waals surface area (Å²) in [6, 6.07) is 0. The maximum atomic E-state index is 12.8. The molecule has 380 valence electrons. The Morgan fingerprint density at radius 1 is 0.328 bits per heavy atom. The van der Waals surface area contributed by atoms with E-state index in [-0.39, 0.29) is 37.5 Å². The van der Waals surface area contributed by atoms with Crippen LogP contribution in [0.5, 0.6) is 0 Å². The van der Waals surface area contributed by atoms with Gasteiger partial charge in [-0.15, -0.1) is 0 Å². The molecule has 67 heavy (non-hydrogen) atoms. The Kier molecular flexibility index (Phi) is 51.5. The second-order valence-corrected chi connectivity index (χ2v) is 17.8. The fraction of sp³-hybridized carbons (Fsp3) is 0.656. The van der Waals surface area contributed by atoms with E-state index in [9.17, 15) is 14.4 Å². The number of hydrogen-bond acceptors (Lipinski definition) is 6. The Labute approximate surface area is 412 Å². The average molecular weight is 929 g/mol. The molecule has 0 fully saturated rings. The average Bonchev–Trinajstić information content (AvgIpc) is 3.33. The van der Waals surface area contributed by atoms with Gasteiger partial charge in [-0.2, -0.15) is 0 Å². The molecule has 0 saturated heterocycles. The highest BCUT2D eigenvalue weighted by Gasteiger charge is 2.19. The van der Waals surface area contributed by atoms with Gasteiger partial charge in [0.2, 0.25) is 0 Å². The van der Waals surface area contributed by atoms with Crippen molar-refractivity contribution in [1.82, 2.24) is 0 Å². The van der Waals surface area contributed by atoms with Crippen LogP contribution in [0.3, 0.4) is 0 Å². The van der Waals surface area contributed by atoms with Crippen molar-refractivity contribution in [3.05, 3.63) is 109 Å². The summed E-state index contributed by atoms with van der Waals surface area (Å²) in [5, 5.41) is 0. The quantitative estimate of drug-likeness (QED) is 0.0199. The zero-order valence-corrected chi connectivity index (χ0v) is 43.4. The van der Waals surface area contributed by atoms with Crippen LogP contribution in [0.15, 0.2) is 109 Å². The van der Waals surface area contributed by atoms with Gasteiger partial charge in [-0.3, -0.25) is 14.4 Å². The third kappa shape index (κ3) is 52.9. The number of carbonyl (C=O) groups is 3. The minimum Gasteiger partial charge on any atom is -0.462 e. The van der Waals surface area contributed by atoms with Gasteiger partial charge in [-0.1, -0.05) is 220 Å². The molecular formula is C61H100O6. The molecule has 0 saturated carbocycles. The van der Waals surface area contributed by atoms with E-state index in [1.165, 1.54) is 83.5 Å². The molecule has 0 amide bonds. The lowest BCUT2D eigenvalue weighted by molar-refractivity contribution is -0.167. The first kappa shape index (κ1) is 63.1. The van der Waals surface area contributed by atoms with E-state index in [2.05, 4.69) is 130 Å². The lowest BCUT2D eigenvalue weighted by Crippen LogP contribution is -2.30. The number of carbonyl (C=O) groups excluding carboxylic acids is 3. The van der Waals surface area contributed by atoms with Crippen molar-refractivity contribution in [3.63, 3.8) is 0 Å². The lowest BCUT2D eigenvalue weighted by atomic mass is 10.1. The van der Waals surface area contributed by atoms with Gasteiger partial charge in [0.15, 0.2) is 6.10 Å². The Balaban J connectivity index is 4.51. The van der Waals surface area contributed by atoms with E-state index in [1.807, 2.05) is 0 Å². The van der Waals surface area contributed by atoms with Gasteiger partial charge in [0.1, 0.15) is 13.2 Å². The molecule has 1 atom stereocenters. The first-order valence-corrected chi connectivity index (χ1v) is 27.4. The summed E-state index contributed by atoms with van der Waals surface area (Å²) in [5.74, 6) is -0.964. The van der Waals surface area contributed by atoms with Gasteiger partial charge < -0.3 is 14.2 Å². The van der Waals surface area contributed by atoms with Gasteiger partial charge >= 0.3 is 17.9 Å². The second kappa shape index (κ2) is 54.7. The van der Waals surface area contributed by atoms with Gasteiger partial charge in [0.25, 0.3) is 0 Å². The van der Waals surface area contributed by atoms with E-state index in [0.29, 0.717) is 12.8 Å². The summed E-state index contributed by atoms with van der Waals surface area (Å²) in [6.07, 6.45) is 73.5. The van der Waals surface area contributed by atoms with Crippen LogP contribution in [0.2, 0.25) is 0 Å². The number of ether oxygens (including phenoxy) is 3. The van der Waals surface area contributed by atoms with Crippen LogP contribution in [-0.4, -0.2) is 37.2 Å². The lowest BCUT2D eigenvalue weighted by Gasteiger charge is -2.18. The van der Waals surface area contributed by atoms with Crippen LogP contribution < -0.4 is 0 Å². The van der Waals surface area contributed by atoms with Crippen LogP contribution in [0.25, 0.3) is 0 Å². The van der Waals surface area contributed by atoms with E-state index in [4.69, 9.17) is 14.2 Å². The minimum absolute atomic E-state index is 0.103. The molecule has 0 aliphatic carbocycles. The van der Waals surface area contributed by atoms with Crippen LogP contribution >= 0.6 is 0 Å². The van der Waals surface area contributed by atoms with Gasteiger partial charge in [-0.25, -0.2) is 0 Å². The third-order valence-electron chi connectivity index (χ3n) is 11.3. The molecule has 6 nitrogen and oxygen atoms in total. The number of unbranched alkanes of at least 4 members (excludes halogenated alkanes) is 22. The molecule has 0 radical (unpaired) electrons. The zero-order chi connectivity index (χ0) is 48.6. The molecule has 0 aliphatic heterocycles. The van der Waals surface area contributed by atoms with Gasteiger partial charge in [0.05, 0.1) is 0 Å². The topological polar surface area (TPSA) is 78.9 Å². The SMILES string of the molecule is CC/C=C\C/C=C\C/C=C\C/C=C\CCCCCC(=O)OC(COC(=O)CCCCCCC\C=C/C=C\C=C/C=C\CCCCC)COC(=O)CCCCCCCCC/C=C\CCCCCC. The van der Waals surface area contributed by atoms with Crippen molar-refractivity contribution in [3.8, 4) is 0 Å². The number of allylic oxidation sites excluding steroid dienone is 18. The minimum atomic E-state index is -0.809. The number of rotatable bonds is 48. The number of hydrogen-bond donors (Lipinski definition) is 0. The second-order valence-electron chi connectivity index (χ2n) is 17.8. The van der Waals surface area contributed by atoms with Gasteiger partial charge in [-0.05, 0) is 109 Å². The summed E-state index contributed by atoms with van der Waals surface area (Å²) in [6.45, 7) is 6.42. The Bertz CT molecular complexity index is 1390. The van der Waals surface area contributed by atoms with Crippen molar-refractivity contribution in [2.45, 2.75) is 245 Å².